The fraction of sp³-hybridized carbons (Fsp3) is 0.367. The molecule has 2 aromatic rings. The number of rotatable bonds is 5. The van der Waals surface area contributed by atoms with Crippen LogP contribution in [0.4, 0.5) is 13.2 Å². The number of nitrogens with zero attached hydrogens (tertiary/aromatic N) is 1. The van der Waals surface area contributed by atoms with Gasteiger partial charge in [-0.2, -0.15) is 13.2 Å². The summed E-state index contributed by atoms with van der Waals surface area (Å²) in [5, 5.41) is 0.594. The van der Waals surface area contributed by atoms with E-state index in [1.165, 1.54) is 30.6 Å². The van der Waals surface area contributed by atoms with Gasteiger partial charge in [-0.25, -0.2) is 0 Å². The van der Waals surface area contributed by atoms with E-state index in [1.54, 1.807) is 32.9 Å². The van der Waals surface area contributed by atoms with Gasteiger partial charge in [-0.15, -0.1) is 0 Å². The van der Waals surface area contributed by atoms with Gasteiger partial charge in [-0.05, 0) is 87.8 Å². The molecule has 0 unspecified atom stereocenters. The average Bonchev–Trinajstić information content (AvgIpc) is 3.38. The molecule has 0 bridgehead atoms. The summed E-state index contributed by atoms with van der Waals surface area (Å²) >= 11 is 5.92. The number of hydrogen-bond acceptors (Lipinski definition) is 2. The van der Waals surface area contributed by atoms with Crippen LogP contribution in [-0.4, -0.2) is 30.1 Å². The maximum Gasteiger partial charge on any atom is 0.416 e. The zero-order valence-electron chi connectivity index (χ0n) is 22.1. The number of alkyl halides is 3. The van der Waals surface area contributed by atoms with Crippen LogP contribution in [-0.2, 0) is 4.79 Å². The minimum absolute atomic E-state index is 0.0136. The Morgan fingerprint density at radius 2 is 1.76 bits per heavy atom. The highest BCUT2D eigenvalue weighted by Gasteiger charge is 2.34. The predicted octanol–water partition coefficient (Wildman–Crippen LogP) is 8.98. The van der Waals surface area contributed by atoms with Crippen molar-refractivity contribution in [1.29, 1.82) is 0 Å². The molecule has 1 amide bonds. The molecule has 0 atom stereocenters. The molecule has 0 saturated carbocycles. The van der Waals surface area contributed by atoms with Crippen LogP contribution in [0, 0.1) is 6.92 Å². The Labute approximate surface area is 223 Å². The molecule has 37 heavy (non-hydrogen) atoms. The van der Waals surface area contributed by atoms with Gasteiger partial charge in [-0.1, -0.05) is 48.5 Å². The summed E-state index contributed by atoms with van der Waals surface area (Å²) in [6.45, 7) is 13.7. The van der Waals surface area contributed by atoms with E-state index in [-0.39, 0.29) is 11.5 Å². The third-order valence-corrected chi connectivity index (χ3v) is 6.76. The summed E-state index contributed by atoms with van der Waals surface area (Å²) in [5.74, 6) is 0.655. The van der Waals surface area contributed by atoms with Crippen molar-refractivity contribution >= 4 is 23.1 Å². The van der Waals surface area contributed by atoms with Crippen molar-refractivity contribution < 1.29 is 22.4 Å². The standard InChI is InChI=1S/C17H22ClNO.C13H13F3O/c1-12-6-4-5-7-16(12)15-8-10-19(11-9-15)17(20)13(2)14(3)18;1-4-10(11-5-6-17-8-11)7-12(9(2)3)13(14,15)16/h4-7,15H,8-11H2,1-3H3;4-8H,2H2,1,3H3/b14-13-;10-4+,12-7+. The number of likely N-dealkylation sites (tertiary alicyclic amines) is 1. The van der Waals surface area contributed by atoms with Crippen LogP contribution in [0.25, 0.3) is 5.57 Å². The number of furan rings is 1. The van der Waals surface area contributed by atoms with Crippen LogP contribution in [0.3, 0.4) is 0 Å². The Morgan fingerprint density at radius 3 is 2.22 bits per heavy atom. The second-order valence-electron chi connectivity index (χ2n) is 9.17. The summed E-state index contributed by atoms with van der Waals surface area (Å²) in [6.07, 6.45) is 3.16. The number of hydrogen-bond donors (Lipinski definition) is 0. The number of halogens is 4. The third kappa shape index (κ3) is 8.53. The van der Waals surface area contributed by atoms with E-state index in [1.807, 2.05) is 4.90 Å². The molecule has 0 radical (unpaired) electrons. The lowest BCUT2D eigenvalue weighted by atomic mass is 9.87. The van der Waals surface area contributed by atoms with Crippen LogP contribution in [0.2, 0.25) is 0 Å². The van der Waals surface area contributed by atoms with Crippen molar-refractivity contribution in [3.05, 3.63) is 100 Å². The minimum atomic E-state index is -4.40. The molecule has 0 aliphatic carbocycles. The number of piperidine rings is 1. The Hall–Kier alpha value is -2.99. The second-order valence-corrected chi connectivity index (χ2v) is 9.74. The molecule has 3 nitrogen and oxygen atoms in total. The van der Waals surface area contributed by atoms with Crippen LogP contribution < -0.4 is 0 Å². The minimum Gasteiger partial charge on any atom is -0.472 e. The summed E-state index contributed by atoms with van der Waals surface area (Å²) < 4.78 is 43.0. The maximum absolute atomic E-state index is 12.7. The number of carbonyl (C=O) groups excluding carboxylic acids is 1. The average molecular weight is 534 g/mol. The Morgan fingerprint density at radius 1 is 1.14 bits per heavy atom. The molecule has 2 heterocycles. The van der Waals surface area contributed by atoms with Crippen molar-refractivity contribution in [2.45, 2.75) is 59.6 Å². The van der Waals surface area contributed by atoms with Gasteiger partial charge in [0.2, 0.25) is 0 Å². The molecule has 200 valence electrons. The van der Waals surface area contributed by atoms with E-state index < -0.39 is 11.7 Å². The molecule has 1 aliphatic heterocycles. The number of allylic oxidation sites excluding steroid dienone is 6. The topological polar surface area (TPSA) is 33.5 Å². The Bertz CT molecular complexity index is 1160. The number of amides is 1. The van der Waals surface area contributed by atoms with Gasteiger partial charge in [0.05, 0.1) is 18.1 Å². The molecule has 1 aromatic carbocycles. The molecule has 1 aromatic heterocycles. The second kappa shape index (κ2) is 13.5. The third-order valence-electron chi connectivity index (χ3n) is 6.48. The summed E-state index contributed by atoms with van der Waals surface area (Å²) in [7, 11) is 0. The highest BCUT2D eigenvalue weighted by atomic mass is 35.5. The molecule has 0 spiro atoms. The van der Waals surface area contributed by atoms with Crippen LogP contribution in [0.15, 0.2) is 87.8 Å². The van der Waals surface area contributed by atoms with Gasteiger partial charge >= 0.3 is 6.18 Å². The first-order chi connectivity index (χ1) is 17.4. The van der Waals surface area contributed by atoms with Gasteiger partial charge in [-0.3, -0.25) is 4.79 Å². The first-order valence-electron chi connectivity index (χ1n) is 12.2. The smallest absolute Gasteiger partial charge is 0.416 e. The van der Waals surface area contributed by atoms with Crippen molar-refractivity contribution in [2.24, 2.45) is 0 Å². The monoisotopic (exact) mass is 533 g/mol. The van der Waals surface area contributed by atoms with Gasteiger partial charge < -0.3 is 9.32 Å². The highest BCUT2D eigenvalue weighted by molar-refractivity contribution is 6.31. The van der Waals surface area contributed by atoms with Crippen molar-refractivity contribution in [3.63, 3.8) is 0 Å². The Kier molecular flexibility index (Phi) is 11.1. The van der Waals surface area contributed by atoms with E-state index in [0.717, 1.165) is 32.0 Å². The number of benzene rings is 1. The lowest BCUT2D eigenvalue weighted by Gasteiger charge is -2.33. The van der Waals surface area contributed by atoms with Crippen molar-refractivity contribution in [1.82, 2.24) is 4.90 Å². The van der Waals surface area contributed by atoms with E-state index in [9.17, 15) is 18.0 Å². The van der Waals surface area contributed by atoms with Gasteiger partial charge in [0.25, 0.3) is 5.91 Å². The molecule has 1 saturated heterocycles. The summed E-state index contributed by atoms with van der Waals surface area (Å²) in [4.78, 5) is 14.2. The zero-order valence-corrected chi connectivity index (χ0v) is 22.8. The van der Waals surface area contributed by atoms with Crippen LogP contribution in [0.5, 0.6) is 0 Å². The normalized spacial score (nSPS) is 16.1. The lowest BCUT2D eigenvalue weighted by Crippen LogP contribution is -2.38. The molecule has 3 rings (SSSR count). The van der Waals surface area contributed by atoms with Gasteiger partial charge in [0, 0.05) is 29.3 Å². The molecule has 1 fully saturated rings. The first-order valence-corrected chi connectivity index (χ1v) is 12.6. The lowest BCUT2D eigenvalue weighted by molar-refractivity contribution is -0.128. The molecule has 1 aliphatic rings. The largest absolute Gasteiger partial charge is 0.472 e. The number of carbonyl (C=O) groups is 1. The van der Waals surface area contributed by atoms with E-state index in [2.05, 4.69) is 37.8 Å². The van der Waals surface area contributed by atoms with Crippen LogP contribution >= 0.6 is 11.6 Å². The molecule has 0 N–H and O–H groups in total. The van der Waals surface area contributed by atoms with Gasteiger partial charge in [0.1, 0.15) is 0 Å². The van der Waals surface area contributed by atoms with Crippen molar-refractivity contribution in [3.8, 4) is 0 Å². The quantitative estimate of drug-likeness (QED) is 0.284. The Balaban J connectivity index is 0.000000264. The molecular formula is C30H35ClF3NO2. The van der Waals surface area contributed by atoms with Crippen LogP contribution in [0.1, 0.15) is 63.1 Å². The fourth-order valence-electron chi connectivity index (χ4n) is 4.19. The summed E-state index contributed by atoms with van der Waals surface area (Å²) in [5.41, 5.74) is 3.77. The predicted molar refractivity (Wildman–Crippen MR) is 145 cm³/mol. The SMILES string of the molecule is C/C(Cl)=C(\C)C(=O)N1CCC(c2ccccc2C)CC1.C=C(C)/C(=C\C(=C/C)c1ccoc1)C(F)(F)F. The summed E-state index contributed by atoms with van der Waals surface area (Å²) in [6, 6.07) is 10.2. The fourth-order valence-corrected chi connectivity index (χ4v) is 4.27. The molecule has 7 heteroatoms. The number of aryl methyl sites for hydroxylation is 1. The zero-order chi connectivity index (χ0) is 27.8. The maximum atomic E-state index is 12.7. The van der Waals surface area contributed by atoms with E-state index >= 15 is 0 Å². The van der Waals surface area contributed by atoms with Crippen molar-refractivity contribution in [2.75, 3.05) is 13.1 Å². The van der Waals surface area contributed by atoms with E-state index in [4.69, 9.17) is 16.0 Å². The van der Waals surface area contributed by atoms with E-state index in [0.29, 0.717) is 27.7 Å². The first kappa shape index (κ1) is 30.2. The highest BCUT2D eigenvalue weighted by Crippen LogP contribution is 2.33. The van der Waals surface area contributed by atoms with Gasteiger partial charge in [0.15, 0.2) is 0 Å². The molecular weight excluding hydrogens is 499 g/mol.